The van der Waals surface area contributed by atoms with Gasteiger partial charge >= 0.3 is 6.03 Å². The van der Waals surface area contributed by atoms with Gasteiger partial charge in [0.15, 0.2) is 0 Å². The lowest BCUT2D eigenvalue weighted by atomic mass is 10.1. The van der Waals surface area contributed by atoms with E-state index in [9.17, 15) is 4.79 Å². The number of urea groups is 1. The zero-order valence-electron chi connectivity index (χ0n) is 18.4. The molecular formula is C25H34N4O. The van der Waals surface area contributed by atoms with Crippen LogP contribution in [-0.2, 0) is 13.1 Å². The second kappa shape index (κ2) is 9.63. The topological polar surface area (TPSA) is 30.0 Å². The third-order valence-corrected chi connectivity index (χ3v) is 6.34. The van der Waals surface area contributed by atoms with Gasteiger partial charge in [-0.1, -0.05) is 59.7 Å². The van der Waals surface area contributed by atoms with E-state index in [1.54, 1.807) is 0 Å². The summed E-state index contributed by atoms with van der Waals surface area (Å²) in [7, 11) is 0. The van der Waals surface area contributed by atoms with Gasteiger partial charge in [-0.15, -0.1) is 0 Å². The van der Waals surface area contributed by atoms with Crippen molar-refractivity contribution in [1.82, 2.24) is 19.6 Å². The molecule has 160 valence electrons. The molecule has 0 N–H and O–H groups in total. The van der Waals surface area contributed by atoms with Crippen LogP contribution in [0.1, 0.15) is 22.3 Å². The Hall–Kier alpha value is -2.37. The minimum absolute atomic E-state index is 0.222. The van der Waals surface area contributed by atoms with Gasteiger partial charge in [0.1, 0.15) is 0 Å². The summed E-state index contributed by atoms with van der Waals surface area (Å²) >= 11 is 0. The summed E-state index contributed by atoms with van der Waals surface area (Å²) in [6.45, 7) is 13.3. The average Bonchev–Trinajstić information content (AvgIpc) is 2.77. The summed E-state index contributed by atoms with van der Waals surface area (Å²) in [5, 5.41) is 0. The van der Waals surface area contributed by atoms with Crippen molar-refractivity contribution in [2.75, 3.05) is 52.4 Å². The van der Waals surface area contributed by atoms with Crippen molar-refractivity contribution >= 4 is 6.03 Å². The molecule has 0 aromatic heterocycles. The molecule has 2 aromatic carbocycles. The molecule has 0 bridgehead atoms. The molecule has 0 unspecified atom stereocenters. The zero-order chi connectivity index (χ0) is 20.9. The number of hydrogen-bond acceptors (Lipinski definition) is 3. The SMILES string of the molecule is Cc1ccc(CN2CCN(C(=O)N3CCN(Cc4ccc(C)cc4)CC3)CC2)cc1. The fourth-order valence-corrected chi connectivity index (χ4v) is 4.30. The fourth-order valence-electron chi connectivity index (χ4n) is 4.30. The molecule has 0 spiro atoms. The Morgan fingerprint density at radius 1 is 0.600 bits per heavy atom. The van der Waals surface area contributed by atoms with Crippen LogP contribution in [0.5, 0.6) is 0 Å². The second-order valence-corrected chi connectivity index (χ2v) is 8.78. The van der Waals surface area contributed by atoms with E-state index in [1.165, 1.54) is 22.3 Å². The third-order valence-electron chi connectivity index (χ3n) is 6.34. The van der Waals surface area contributed by atoms with Crippen molar-refractivity contribution in [3.63, 3.8) is 0 Å². The first kappa shape index (κ1) is 20.9. The lowest BCUT2D eigenvalue weighted by Crippen LogP contribution is -2.56. The minimum Gasteiger partial charge on any atom is -0.322 e. The van der Waals surface area contributed by atoms with Crippen LogP contribution in [0.4, 0.5) is 4.79 Å². The molecule has 0 aliphatic carbocycles. The van der Waals surface area contributed by atoms with Crippen LogP contribution in [0.2, 0.25) is 0 Å². The standard InChI is InChI=1S/C25H34N4O/c1-21-3-7-23(8-4-21)19-26-11-15-28(16-12-26)25(30)29-17-13-27(14-18-29)20-24-9-5-22(2)6-10-24/h3-10H,11-20H2,1-2H3. The van der Waals surface area contributed by atoms with Crippen molar-refractivity contribution in [2.24, 2.45) is 0 Å². The zero-order valence-corrected chi connectivity index (χ0v) is 18.4. The van der Waals surface area contributed by atoms with E-state index in [2.05, 4.69) is 72.2 Å². The number of nitrogens with zero attached hydrogens (tertiary/aromatic N) is 4. The van der Waals surface area contributed by atoms with Crippen LogP contribution in [0.3, 0.4) is 0 Å². The summed E-state index contributed by atoms with van der Waals surface area (Å²) in [5.41, 5.74) is 5.30. The summed E-state index contributed by atoms with van der Waals surface area (Å²) in [4.78, 5) is 22.0. The van der Waals surface area contributed by atoms with Crippen molar-refractivity contribution in [3.8, 4) is 0 Å². The largest absolute Gasteiger partial charge is 0.322 e. The Bertz CT molecular complexity index is 748. The Balaban J connectivity index is 1.20. The maximum atomic E-state index is 13.0. The van der Waals surface area contributed by atoms with E-state index in [1.807, 2.05) is 9.80 Å². The molecule has 0 atom stereocenters. The lowest BCUT2D eigenvalue weighted by Gasteiger charge is -2.40. The maximum Gasteiger partial charge on any atom is 0.320 e. The minimum atomic E-state index is 0.222. The van der Waals surface area contributed by atoms with Gasteiger partial charge in [0, 0.05) is 65.4 Å². The van der Waals surface area contributed by atoms with Crippen LogP contribution < -0.4 is 0 Å². The van der Waals surface area contributed by atoms with Gasteiger partial charge in [-0.25, -0.2) is 4.79 Å². The van der Waals surface area contributed by atoms with E-state index >= 15 is 0 Å². The smallest absolute Gasteiger partial charge is 0.320 e. The number of amides is 2. The number of carbonyl (C=O) groups is 1. The van der Waals surface area contributed by atoms with Crippen molar-refractivity contribution < 1.29 is 4.79 Å². The molecule has 5 heteroatoms. The van der Waals surface area contributed by atoms with Gasteiger partial charge in [-0.3, -0.25) is 9.80 Å². The molecule has 2 aliphatic rings. The van der Waals surface area contributed by atoms with Gasteiger partial charge in [0.25, 0.3) is 0 Å². The molecule has 2 saturated heterocycles. The Morgan fingerprint density at radius 2 is 0.933 bits per heavy atom. The van der Waals surface area contributed by atoms with Crippen molar-refractivity contribution in [2.45, 2.75) is 26.9 Å². The van der Waals surface area contributed by atoms with E-state index in [-0.39, 0.29) is 6.03 Å². The highest BCUT2D eigenvalue weighted by Crippen LogP contribution is 2.14. The average molecular weight is 407 g/mol. The number of hydrogen-bond donors (Lipinski definition) is 0. The molecule has 2 fully saturated rings. The highest BCUT2D eigenvalue weighted by molar-refractivity contribution is 5.74. The normalized spacial score (nSPS) is 18.6. The van der Waals surface area contributed by atoms with Gasteiger partial charge < -0.3 is 9.80 Å². The Labute approximate surface area is 180 Å². The van der Waals surface area contributed by atoms with E-state index in [0.29, 0.717) is 0 Å². The first-order valence-electron chi connectivity index (χ1n) is 11.2. The summed E-state index contributed by atoms with van der Waals surface area (Å²) < 4.78 is 0. The molecule has 2 aromatic rings. The summed E-state index contributed by atoms with van der Waals surface area (Å²) in [6.07, 6.45) is 0. The number of piperazine rings is 2. The first-order chi connectivity index (χ1) is 14.6. The summed E-state index contributed by atoms with van der Waals surface area (Å²) in [5.74, 6) is 0. The monoisotopic (exact) mass is 406 g/mol. The molecule has 2 amide bonds. The van der Waals surface area contributed by atoms with Gasteiger partial charge in [-0.2, -0.15) is 0 Å². The van der Waals surface area contributed by atoms with Gasteiger partial charge in [0.2, 0.25) is 0 Å². The molecular weight excluding hydrogens is 372 g/mol. The Kier molecular flexibility index (Phi) is 6.70. The van der Waals surface area contributed by atoms with E-state index in [0.717, 1.165) is 65.4 Å². The first-order valence-corrected chi connectivity index (χ1v) is 11.2. The predicted octanol–water partition coefficient (Wildman–Crippen LogP) is 3.36. The second-order valence-electron chi connectivity index (χ2n) is 8.78. The fraction of sp³-hybridized carbons (Fsp3) is 0.480. The quantitative estimate of drug-likeness (QED) is 0.780. The molecule has 5 nitrogen and oxygen atoms in total. The molecule has 2 heterocycles. The predicted molar refractivity (Wildman–Crippen MR) is 121 cm³/mol. The molecule has 4 rings (SSSR count). The molecule has 0 saturated carbocycles. The van der Waals surface area contributed by atoms with Gasteiger partial charge in [0.05, 0.1) is 0 Å². The number of benzene rings is 2. The Morgan fingerprint density at radius 3 is 1.27 bits per heavy atom. The van der Waals surface area contributed by atoms with E-state index in [4.69, 9.17) is 0 Å². The van der Waals surface area contributed by atoms with Gasteiger partial charge in [-0.05, 0) is 25.0 Å². The van der Waals surface area contributed by atoms with Crippen LogP contribution in [0.25, 0.3) is 0 Å². The van der Waals surface area contributed by atoms with Crippen molar-refractivity contribution in [3.05, 3.63) is 70.8 Å². The highest BCUT2D eigenvalue weighted by Gasteiger charge is 2.27. The van der Waals surface area contributed by atoms with Crippen LogP contribution in [0, 0.1) is 13.8 Å². The van der Waals surface area contributed by atoms with Crippen LogP contribution >= 0.6 is 0 Å². The molecule has 30 heavy (non-hydrogen) atoms. The summed E-state index contributed by atoms with van der Waals surface area (Å²) in [6, 6.07) is 17.8. The van der Waals surface area contributed by atoms with Crippen molar-refractivity contribution in [1.29, 1.82) is 0 Å². The molecule has 2 aliphatic heterocycles. The number of aryl methyl sites for hydroxylation is 2. The number of carbonyl (C=O) groups excluding carboxylic acids is 1. The maximum absolute atomic E-state index is 13.0. The van der Waals surface area contributed by atoms with Crippen LogP contribution in [0.15, 0.2) is 48.5 Å². The number of rotatable bonds is 4. The van der Waals surface area contributed by atoms with E-state index < -0.39 is 0 Å². The van der Waals surface area contributed by atoms with Crippen LogP contribution in [-0.4, -0.2) is 78.0 Å². The molecule has 0 radical (unpaired) electrons. The lowest BCUT2D eigenvalue weighted by molar-refractivity contribution is 0.0870. The third kappa shape index (κ3) is 5.41. The highest BCUT2D eigenvalue weighted by atomic mass is 16.2.